The Hall–Kier alpha value is -0.720. The summed E-state index contributed by atoms with van der Waals surface area (Å²) in [6.45, 7) is 6.07. The van der Waals surface area contributed by atoms with Crippen molar-refractivity contribution in [1.82, 2.24) is 5.32 Å². The Morgan fingerprint density at radius 1 is 1.13 bits per heavy atom. The number of nitrogens with one attached hydrogen (secondary N) is 1. The maximum atomic E-state index is 12.0. The molecule has 0 aliphatic heterocycles. The summed E-state index contributed by atoms with van der Waals surface area (Å²) in [5.74, 6) is -0.776. The van der Waals surface area contributed by atoms with Crippen LogP contribution in [0.3, 0.4) is 0 Å². The molecule has 0 aromatic rings. The number of hydrogen-bond acceptors (Lipinski definition) is 5. The van der Waals surface area contributed by atoms with Crippen molar-refractivity contribution in [3.05, 3.63) is 0 Å². The summed E-state index contributed by atoms with van der Waals surface area (Å²) in [5.41, 5.74) is -0.713. The Labute approximate surface area is 151 Å². The van der Waals surface area contributed by atoms with Gasteiger partial charge in [-0.25, -0.2) is 9.59 Å². The first kappa shape index (κ1) is 22.3. The standard InChI is InChI=1S/C14H22Cl3NO5/c1-9(19)6-5-7-10(11(20)22-8-14(15,16)17)18-12(21)23-13(2,3)4/h10H,5-8H2,1-4H3,(H,18,21). The zero-order chi connectivity index (χ0) is 18.3. The molecule has 0 aliphatic rings. The van der Waals surface area contributed by atoms with Gasteiger partial charge in [0.1, 0.15) is 24.0 Å². The fraction of sp³-hybridized carbons (Fsp3) is 0.786. The summed E-state index contributed by atoms with van der Waals surface area (Å²) in [7, 11) is 0. The number of carbonyl (C=O) groups is 3. The molecule has 0 rings (SSSR count). The Balaban J connectivity index is 4.69. The van der Waals surface area contributed by atoms with E-state index in [-0.39, 0.29) is 18.6 Å². The van der Waals surface area contributed by atoms with Crippen LogP contribution < -0.4 is 5.32 Å². The molecule has 0 saturated heterocycles. The number of alkyl carbamates (subject to hydrolysis) is 1. The second kappa shape index (κ2) is 9.55. The minimum atomic E-state index is -1.74. The largest absolute Gasteiger partial charge is 0.460 e. The first-order valence-electron chi connectivity index (χ1n) is 7.02. The van der Waals surface area contributed by atoms with Gasteiger partial charge in [0.2, 0.25) is 3.79 Å². The van der Waals surface area contributed by atoms with Crippen LogP contribution >= 0.6 is 34.8 Å². The van der Waals surface area contributed by atoms with Crippen molar-refractivity contribution in [2.75, 3.05) is 6.61 Å². The number of Topliss-reactive ketones (excluding diaryl/α,β-unsaturated/α-hetero) is 1. The molecule has 0 heterocycles. The second-order valence-corrected chi connectivity index (χ2v) is 8.53. The fourth-order valence-electron chi connectivity index (χ4n) is 1.51. The molecule has 1 unspecified atom stereocenters. The Kier molecular flexibility index (Phi) is 9.25. The van der Waals surface area contributed by atoms with Crippen LogP contribution in [0.4, 0.5) is 4.79 Å². The molecule has 0 saturated carbocycles. The molecule has 6 nitrogen and oxygen atoms in total. The van der Waals surface area contributed by atoms with Gasteiger partial charge in [-0.2, -0.15) is 0 Å². The van der Waals surface area contributed by atoms with E-state index in [4.69, 9.17) is 44.3 Å². The third-order valence-electron chi connectivity index (χ3n) is 2.38. The molecule has 1 atom stereocenters. The van der Waals surface area contributed by atoms with Gasteiger partial charge in [0.15, 0.2) is 0 Å². The van der Waals surface area contributed by atoms with E-state index in [1.54, 1.807) is 20.8 Å². The molecular weight excluding hydrogens is 369 g/mol. The van der Waals surface area contributed by atoms with Gasteiger partial charge >= 0.3 is 12.1 Å². The maximum absolute atomic E-state index is 12.0. The molecule has 0 radical (unpaired) electrons. The van der Waals surface area contributed by atoms with E-state index < -0.39 is 34.1 Å². The summed E-state index contributed by atoms with van der Waals surface area (Å²) in [5, 5.41) is 2.41. The molecule has 23 heavy (non-hydrogen) atoms. The van der Waals surface area contributed by atoms with E-state index in [2.05, 4.69) is 5.32 Å². The molecular formula is C14H22Cl3NO5. The van der Waals surface area contributed by atoms with Gasteiger partial charge in [-0.05, 0) is 40.5 Å². The Morgan fingerprint density at radius 2 is 1.70 bits per heavy atom. The zero-order valence-corrected chi connectivity index (χ0v) is 15.8. The third kappa shape index (κ3) is 13.4. The lowest BCUT2D eigenvalue weighted by atomic mass is 10.1. The van der Waals surface area contributed by atoms with Crippen molar-refractivity contribution in [1.29, 1.82) is 0 Å². The second-order valence-electron chi connectivity index (χ2n) is 6.02. The van der Waals surface area contributed by atoms with Crippen LogP contribution in [0.5, 0.6) is 0 Å². The lowest BCUT2D eigenvalue weighted by Gasteiger charge is -2.23. The van der Waals surface area contributed by atoms with E-state index >= 15 is 0 Å². The van der Waals surface area contributed by atoms with Gasteiger partial charge in [0, 0.05) is 6.42 Å². The number of carbonyl (C=O) groups excluding carboxylic acids is 3. The first-order valence-corrected chi connectivity index (χ1v) is 8.16. The minimum absolute atomic E-state index is 0.0179. The Bertz CT molecular complexity index is 429. The van der Waals surface area contributed by atoms with Crippen LogP contribution in [-0.2, 0) is 19.1 Å². The van der Waals surface area contributed by atoms with E-state index in [0.29, 0.717) is 6.42 Å². The number of amides is 1. The topological polar surface area (TPSA) is 81.7 Å². The fourth-order valence-corrected chi connectivity index (χ4v) is 1.67. The van der Waals surface area contributed by atoms with Crippen LogP contribution in [-0.4, -0.2) is 39.9 Å². The lowest BCUT2D eigenvalue weighted by molar-refractivity contribution is -0.146. The number of hydrogen-bond donors (Lipinski definition) is 1. The molecule has 134 valence electrons. The summed E-state index contributed by atoms with van der Waals surface area (Å²) in [6, 6.07) is -0.989. The van der Waals surface area contributed by atoms with Gasteiger partial charge in [-0.1, -0.05) is 34.8 Å². The van der Waals surface area contributed by atoms with Crippen molar-refractivity contribution in [3.63, 3.8) is 0 Å². The van der Waals surface area contributed by atoms with Crippen LogP contribution in [0.1, 0.15) is 47.0 Å². The first-order chi connectivity index (χ1) is 10.3. The molecule has 0 spiro atoms. The summed E-state index contributed by atoms with van der Waals surface area (Å²) >= 11 is 16.6. The number of rotatable bonds is 7. The van der Waals surface area contributed by atoms with Crippen LogP contribution in [0.2, 0.25) is 0 Å². The number of halogens is 3. The molecule has 9 heteroatoms. The smallest absolute Gasteiger partial charge is 0.408 e. The molecule has 0 fully saturated rings. The predicted octanol–water partition coefficient (Wildman–Crippen LogP) is 3.55. The molecule has 0 bridgehead atoms. The highest BCUT2D eigenvalue weighted by atomic mass is 35.6. The average molecular weight is 391 g/mol. The summed E-state index contributed by atoms with van der Waals surface area (Å²) in [4.78, 5) is 34.8. The van der Waals surface area contributed by atoms with Gasteiger partial charge < -0.3 is 19.6 Å². The molecule has 0 aromatic carbocycles. The average Bonchev–Trinajstić information content (AvgIpc) is 2.31. The van der Waals surface area contributed by atoms with Crippen molar-refractivity contribution in [3.8, 4) is 0 Å². The van der Waals surface area contributed by atoms with Crippen molar-refractivity contribution >= 4 is 52.6 Å². The lowest BCUT2D eigenvalue weighted by Crippen LogP contribution is -2.44. The third-order valence-corrected chi connectivity index (χ3v) is 2.70. The van der Waals surface area contributed by atoms with E-state index in [9.17, 15) is 14.4 Å². The normalized spacial score (nSPS) is 13.2. The summed E-state index contributed by atoms with van der Waals surface area (Å²) < 4.78 is 8.21. The van der Waals surface area contributed by atoms with E-state index in [1.807, 2.05) is 0 Å². The van der Waals surface area contributed by atoms with Crippen LogP contribution in [0.25, 0.3) is 0 Å². The summed E-state index contributed by atoms with van der Waals surface area (Å²) in [6.07, 6.45) is 0.122. The zero-order valence-electron chi connectivity index (χ0n) is 13.6. The van der Waals surface area contributed by atoms with Gasteiger partial charge in [-0.15, -0.1) is 0 Å². The highest BCUT2D eigenvalue weighted by Gasteiger charge is 2.28. The minimum Gasteiger partial charge on any atom is -0.460 e. The van der Waals surface area contributed by atoms with Crippen LogP contribution in [0.15, 0.2) is 0 Å². The van der Waals surface area contributed by atoms with Crippen molar-refractivity contribution in [2.24, 2.45) is 0 Å². The van der Waals surface area contributed by atoms with Gasteiger partial charge in [-0.3, -0.25) is 0 Å². The maximum Gasteiger partial charge on any atom is 0.408 e. The van der Waals surface area contributed by atoms with Crippen molar-refractivity contribution in [2.45, 2.75) is 62.4 Å². The van der Waals surface area contributed by atoms with Gasteiger partial charge in [0.05, 0.1) is 0 Å². The number of ether oxygens (including phenoxy) is 2. The van der Waals surface area contributed by atoms with Gasteiger partial charge in [0.25, 0.3) is 0 Å². The quantitative estimate of drug-likeness (QED) is 0.531. The number of esters is 1. The Morgan fingerprint density at radius 3 is 2.13 bits per heavy atom. The number of alkyl halides is 3. The number of ketones is 1. The highest BCUT2D eigenvalue weighted by molar-refractivity contribution is 6.67. The molecule has 0 aliphatic carbocycles. The van der Waals surface area contributed by atoms with E-state index in [0.717, 1.165) is 0 Å². The van der Waals surface area contributed by atoms with Crippen LogP contribution in [0, 0.1) is 0 Å². The SMILES string of the molecule is CC(=O)CCCC(NC(=O)OC(C)(C)C)C(=O)OCC(Cl)(Cl)Cl. The highest BCUT2D eigenvalue weighted by Crippen LogP contribution is 2.26. The monoisotopic (exact) mass is 389 g/mol. The molecule has 1 N–H and O–H groups in total. The van der Waals surface area contributed by atoms with E-state index in [1.165, 1.54) is 6.92 Å². The predicted molar refractivity (Wildman–Crippen MR) is 88.9 cm³/mol. The molecule has 1 amide bonds. The molecule has 0 aromatic heterocycles. The van der Waals surface area contributed by atoms with Crippen molar-refractivity contribution < 1.29 is 23.9 Å².